The third-order valence-corrected chi connectivity index (χ3v) is 4.18. The van der Waals surface area contributed by atoms with Crippen LogP contribution in [0, 0.1) is 0 Å². The topological polar surface area (TPSA) is 44.8 Å². The van der Waals surface area contributed by atoms with Crippen molar-refractivity contribution in [2.75, 3.05) is 32.1 Å². The quantitative estimate of drug-likeness (QED) is 0.919. The van der Waals surface area contributed by atoms with Crippen molar-refractivity contribution in [3.8, 4) is 0 Å². The first-order valence-corrected chi connectivity index (χ1v) is 8.72. The van der Waals surface area contributed by atoms with E-state index in [1.165, 1.54) is 11.3 Å². The van der Waals surface area contributed by atoms with Crippen LogP contribution in [0.3, 0.4) is 0 Å². The fourth-order valence-electron chi connectivity index (χ4n) is 3.03. The van der Waals surface area contributed by atoms with Crippen LogP contribution in [0.1, 0.15) is 39.2 Å². The number of likely N-dealkylation sites (tertiary alicyclic amines) is 1. The van der Waals surface area contributed by atoms with Gasteiger partial charge in [-0.2, -0.15) is 0 Å². The van der Waals surface area contributed by atoms with Crippen molar-refractivity contribution >= 4 is 11.8 Å². The van der Waals surface area contributed by atoms with Gasteiger partial charge >= 0.3 is 6.09 Å². The molecule has 0 saturated carbocycles. The molecule has 1 amide bonds. The van der Waals surface area contributed by atoms with Crippen molar-refractivity contribution in [3.05, 3.63) is 29.8 Å². The number of benzene rings is 1. The summed E-state index contributed by atoms with van der Waals surface area (Å²) in [6.07, 6.45) is 1.62. The van der Waals surface area contributed by atoms with Crippen LogP contribution in [-0.4, -0.2) is 49.8 Å². The third kappa shape index (κ3) is 5.71. The van der Waals surface area contributed by atoms with Gasteiger partial charge in [0.25, 0.3) is 0 Å². The molecule has 1 N–H and O–H groups in total. The summed E-state index contributed by atoms with van der Waals surface area (Å²) in [6, 6.07) is 8.74. The van der Waals surface area contributed by atoms with Gasteiger partial charge < -0.3 is 15.0 Å². The molecule has 0 spiro atoms. The number of amides is 1. The van der Waals surface area contributed by atoms with Crippen LogP contribution in [0.4, 0.5) is 10.5 Å². The Labute approximate surface area is 146 Å². The summed E-state index contributed by atoms with van der Waals surface area (Å²) in [4.78, 5) is 16.5. The van der Waals surface area contributed by atoms with Gasteiger partial charge in [0.15, 0.2) is 0 Å². The summed E-state index contributed by atoms with van der Waals surface area (Å²) in [5.41, 5.74) is 2.17. The zero-order valence-corrected chi connectivity index (χ0v) is 15.6. The standard InChI is InChI=1S/C19H31N3O2/c1-19(2,3)24-18(23)20-16-10-12-22(13-11-16)14-15-8-6-7-9-17(15)21(4)5/h6-9,16H,10-14H2,1-5H3,(H,20,23). The lowest BCUT2D eigenvalue weighted by Crippen LogP contribution is -2.45. The number of alkyl carbamates (subject to hydrolysis) is 1. The molecule has 1 heterocycles. The summed E-state index contributed by atoms with van der Waals surface area (Å²) in [5.74, 6) is 0. The highest BCUT2D eigenvalue weighted by Crippen LogP contribution is 2.22. The van der Waals surface area contributed by atoms with Crippen molar-refractivity contribution in [2.45, 2.75) is 51.8 Å². The molecule has 1 saturated heterocycles. The maximum absolute atomic E-state index is 11.9. The molecule has 1 aliphatic rings. The maximum Gasteiger partial charge on any atom is 0.407 e. The second-order valence-corrected chi connectivity index (χ2v) is 7.72. The Morgan fingerprint density at radius 3 is 2.46 bits per heavy atom. The number of piperidine rings is 1. The van der Waals surface area contributed by atoms with E-state index in [0.717, 1.165) is 32.5 Å². The van der Waals surface area contributed by atoms with Gasteiger partial charge in [-0.05, 0) is 45.2 Å². The second-order valence-electron chi connectivity index (χ2n) is 7.72. The molecule has 134 valence electrons. The van der Waals surface area contributed by atoms with Gasteiger partial charge in [-0.3, -0.25) is 4.90 Å². The Morgan fingerprint density at radius 1 is 1.25 bits per heavy atom. The number of para-hydroxylation sites is 1. The number of hydrogen-bond donors (Lipinski definition) is 1. The summed E-state index contributed by atoms with van der Waals surface area (Å²) < 4.78 is 5.34. The average Bonchev–Trinajstić information content (AvgIpc) is 2.47. The van der Waals surface area contributed by atoms with E-state index in [2.05, 4.69) is 53.5 Å². The minimum Gasteiger partial charge on any atom is -0.444 e. The number of rotatable bonds is 4. The zero-order chi connectivity index (χ0) is 17.7. The van der Waals surface area contributed by atoms with Gasteiger partial charge in [-0.15, -0.1) is 0 Å². The first-order valence-electron chi connectivity index (χ1n) is 8.72. The molecule has 5 heteroatoms. The predicted octanol–water partition coefficient (Wildman–Crippen LogP) is 3.24. The lowest BCUT2D eigenvalue weighted by molar-refractivity contribution is 0.0477. The zero-order valence-electron chi connectivity index (χ0n) is 15.6. The summed E-state index contributed by atoms with van der Waals surface area (Å²) in [7, 11) is 4.16. The van der Waals surface area contributed by atoms with Crippen molar-refractivity contribution < 1.29 is 9.53 Å². The Kier molecular flexibility index (Phi) is 6.10. The van der Waals surface area contributed by atoms with E-state index in [4.69, 9.17) is 4.74 Å². The Balaban J connectivity index is 1.82. The van der Waals surface area contributed by atoms with E-state index in [-0.39, 0.29) is 12.1 Å². The molecule has 0 atom stereocenters. The number of ether oxygens (including phenoxy) is 1. The molecule has 1 aromatic rings. The summed E-state index contributed by atoms with van der Waals surface area (Å²) in [6.45, 7) is 8.59. The molecule has 2 rings (SSSR count). The Hall–Kier alpha value is -1.75. The van der Waals surface area contributed by atoms with Gasteiger partial charge in [-0.1, -0.05) is 18.2 Å². The highest BCUT2D eigenvalue weighted by atomic mass is 16.6. The molecule has 1 aromatic carbocycles. The number of nitrogens with one attached hydrogen (secondary N) is 1. The summed E-state index contributed by atoms with van der Waals surface area (Å²) >= 11 is 0. The molecule has 0 aliphatic carbocycles. The van der Waals surface area contributed by atoms with E-state index in [1.54, 1.807) is 0 Å². The molecule has 0 bridgehead atoms. The van der Waals surface area contributed by atoms with E-state index in [1.807, 2.05) is 20.8 Å². The van der Waals surface area contributed by atoms with E-state index in [9.17, 15) is 4.79 Å². The SMILES string of the molecule is CN(C)c1ccccc1CN1CCC(NC(=O)OC(C)(C)C)CC1. The molecular weight excluding hydrogens is 302 g/mol. The first kappa shape index (κ1) is 18.6. The van der Waals surface area contributed by atoms with Gasteiger partial charge in [0.2, 0.25) is 0 Å². The number of carbonyl (C=O) groups excluding carboxylic acids is 1. The minimum atomic E-state index is -0.444. The van der Waals surface area contributed by atoms with Gasteiger partial charge in [-0.25, -0.2) is 4.79 Å². The molecule has 0 aromatic heterocycles. The average molecular weight is 333 g/mol. The first-order chi connectivity index (χ1) is 11.2. The van der Waals surface area contributed by atoms with Crippen LogP contribution < -0.4 is 10.2 Å². The van der Waals surface area contributed by atoms with Crippen LogP contribution in [0.25, 0.3) is 0 Å². The summed E-state index contributed by atoms with van der Waals surface area (Å²) in [5, 5.41) is 2.99. The fourth-order valence-corrected chi connectivity index (χ4v) is 3.03. The largest absolute Gasteiger partial charge is 0.444 e. The van der Waals surface area contributed by atoms with Crippen LogP contribution >= 0.6 is 0 Å². The van der Waals surface area contributed by atoms with Crippen LogP contribution in [-0.2, 0) is 11.3 Å². The molecule has 24 heavy (non-hydrogen) atoms. The van der Waals surface area contributed by atoms with Crippen molar-refractivity contribution in [2.24, 2.45) is 0 Å². The minimum absolute atomic E-state index is 0.209. The number of carbonyl (C=O) groups is 1. The van der Waals surface area contributed by atoms with Crippen molar-refractivity contribution in [1.82, 2.24) is 10.2 Å². The highest BCUT2D eigenvalue weighted by molar-refractivity contribution is 5.68. The van der Waals surface area contributed by atoms with Gasteiger partial charge in [0.1, 0.15) is 5.60 Å². The van der Waals surface area contributed by atoms with Crippen molar-refractivity contribution in [3.63, 3.8) is 0 Å². The number of hydrogen-bond acceptors (Lipinski definition) is 4. The molecule has 1 fully saturated rings. The monoisotopic (exact) mass is 333 g/mol. The lowest BCUT2D eigenvalue weighted by atomic mass is 10.0. The van der Waals surface area contributed by atoms with Crippen molar-refractivity contribution in [1.29, 1.82) is 0 Å². The van der Waals surface area contributed by atoms with Gasteiger partial charge in [0, 0.05) is 45.5 Å². The van der Waals surface area contributed by atoms with E-state index < -0.39 is 5.60 Å². The normalized spacial score (nSPS) is 16.7. The van der Waals surface area contributed by atoms with E-state index >= 15 is 0 Å². The predicted molar refractivity (Wildman–Crippen MR) is 98.4 cm³/mol. The fraction of sp³-hybridized carbons (Fsp3) is 0.632. The number of nitrogens with zero attached hydrogens (tertiary/aromatic N) is 2. The van der Waals surface area contributed by atoms with E-state index in [0.29, 0.717) is 0 Å². The molecule has 1 aliphatic heterocycles. The highest BCUT2D eigenvalue weighted by Gasteiger charge is 2.24. The lowest BCUT2D eigenvalue weighted by Gasteiger charge is -2.33. The molecular formula is C19H31N3O2. The Bertz CT molecular complexity index is 544. The van der Waals surface area contributed by atoms with Crippen LogP contribution in [0.5, 0.6) is 0 Å². The maximum atomic E-state index is 11.9. The third-order valence-electron chi connectivity index (χ3n) is 4.18. The Morgan fingerprint density at radius 2 is 1.88 bits per heavy atom. The second kappa shape index (κ2) is 7.88. The molecule has 0 unspecified atom stereocenters. The van der Waals surface area contributed by atoms with Crippen LogP contribution in [0.15, 0.2) is 24.3 Å². The van der Waals surface area contributed by atoms with Crippen LogP contribution in [0.2, 0.25) is 0 Å². The number of anilines is 1. The molecule has 5 nitrogen and oxygen atoms in total. The van der Waals surface area contributed by atoms with Gasteiger partial charge in [0.05, 0.1) is 0 Å². The molecule has 0 radical (unpaired) electrons. The smallest absolute Gasteiger partial charge is 0.407 e.